The molecule has 0 aromatic heterocycles. The van der Waals surface area contributed by atoms with Gasteiger partial charge in [0.15, 0.2) is 8.32 Å². The zero-order chi connectivity index (χ0) is 21.7. The second-order valence-corrected chi connectivity index (χ2v) is 14.0. The van der Waals surface area contributed by atoms with Crippen LogP contribution in [0.25, 0.3) is 0 Å². The second-order valence-electron chi connectivity index (χ2n) is 9.22. The highest BCUT2D eigenvalue weighted by molar-refractivity contribution is 6.74. The Morgan fingerprint density at radius 3 is 2.34 bits per heavy atom. The van der Waals surface area contributed by atoms with Crippen molar-refractivity contribution in [1.82, 2.24) is 0 Å². The minimum absolute atomic E-state index is 0.0936. The van der Waals surface area contributed by atoms with E-state index in [-0.39, 0.29) is 17.0 Å². The first kappa shape index (κ1) is 23.6. The molecule has 160 valence electrons. The molecule has 0 bridgehead atoms. The third-order valence-corrected chi connectivity index (χ3v) is 10.4. The summed E-state index contributed by atoms with van der Waals surface area (Å²) in [7, 11) is -1.94. The Hall–Kier alpha value is -1.69. The molecule has 0 unspecified atom stereocenters. The highest BCUT2D eigenvalue weighted by Gasteiger charge is 2.39. The van der Waals surface area contributed by atoms with Crippen molar-refractivity contribution in [3.8, 4) is 5.75 Å². The zero-order valence-corrected chi connectivity index (χ0v) is 19.5. The molecule has 0 fully saturated rings. The normalized spacial score (nSPS) is 14.5. The zero-order valence-electron chi connectivity index (χ0n) is 18.5. The molecule has 0 aliphatic rings. The van der Waals surface area contributed by atoms with Crippen LogP contribution in [0, 0.1) is 5.82 Å². The van der Waals surface area contributed by atoms with E-state index in [4.69, 9.17) is 9.16 Å². The molecule has 0 aliphatic carbocycles. The van der Waals surface area contributed by atoms with Crippen LogP contribution in [0.3, 0.4) is 0 Å². The van der Waals surface area contributed by atoms with Gasteiger partial charge in [0, 0.05) is 6.07 Å². The van der Waals surface area contributed by atoms with Crippen LogP contribution < -0.4 is 4.74 Å². The van der Waals surface area contributed by atoms with E-state index in [2.05, 4.69) is 33.9 Å². The molecule has 2 aromatic carbocycles. The Balaban J connectivity index is 1.99. The van der Waals surface area contributed by atoms with E-state index < -0.39 is 14.4 Å². The lowest BCUT2D eigenvalue weighted by Gasteiger charge is -2.39. The minimum Gasteiger partial charge on any atom is -0.489 e. The molecule has 0 amide bonds. The van der Waals surface area contributed by atoms with Gasteiger partial charge >= 0.3 is 0 Å². The maximum absolute atomic E-state index is 13.8. The number of aliphatic hydroxyl groups is 1. The van der Waals surface area contributed by atoms with Crippen LogP contribution in [0.5, 0.6) is 5.75 Å². The van der Waals surface area contributed by atoms with Gasteiger partial charge in [-0.2, -0.15) is 0 Å². The number of ether oxygens (including phenoxy) is 1. The van der Waals surface area contributed by atoms with Gasteiger partial charge in [0.1, 0.15) is 18.2 Å². The number of hydrogen-bond acceptors (Lipinski definition) is 3. The lowest BCUT2D eigenvalue weighted by molar-refractivity contribution is 0.0336. The van der Waals surface area contributed by atoms with Crippen molar-refractivity contribution >= 4 is 8.32 Å². The van der Waals surface area contributed by atoms with Gasteiger partial charge in [-0.3, -0.25) is 0 Å². The lowest BCUT2D eigenvalue weighted by Crippen LogP contribution is -2.46. The molecule has 2 aromatic rings. The molecule has 0 heterocycles. The molecule has 0 radical (unpaired) electrons. The Morgan fingerprint density at radius 2 is 1.72 bits per heavy atom. The summed E-state index contributed by atoms with van der Waals surface area (Å²) in [6.07, 6.45) is 0.293. The van der Waals surface area contributed by atoms with Crippen LogP contribution in [0.4, 0.5) is 4.39 Å². The number of rotatable bonds is 9. The average molecular weight is 419 g/mol. The van der Waals surface area contributed by atoms with Gasteiger partial charge in [0.05, 0.1) is 12.2 Å². The van der Waals surface area contributed by atoms with Gasteiger partial charge in [-0.15, -0.1) is 0 Å². The molecule has 5 heteroatoms. The predicted molar refractivity (Wildman–Crippen MR) is 119 cm³/mol. The van der Waals surface area contributed by atoms with Crippen LogP contribution in [0.15, 0.2) is 48.5 Å². The first-order chi connectivity index (χ1) is 13.5. The van der Waals surface area contributed by atoms with Gasteiger partial charge in [-0.25, -0.2) is 4.39 Å². The van der Waals surface area contributed by atoms with Crippen molar-refractivity contribution in [3.05, 3.63) is 65.5 Å². The fraction of sp³-hybridized carbons (Fsp3) is 0.500. The summed E-state index contributed by atoms with van der Waals surface area (Å²) in [5.74, 6) is 0.200. The Kier molecular flexibility index (Phi) is 8.03. The lowest BCUT2D eigenvalue weighted by atomic mass is 10.0. The Labute approximate surface area is 176 Å². The van der Waals surface area contributed by atoms with E-state index in [1.54, 1.807) is 6.07 Å². The molecule has 2 atom stereocenters. The minimum atomic E-state index is -1.94. The summed E-state index contributed by atoms with van der Waals surface area (Å²) in [6.45, 7) is 13.2. The smallest absolute Gasteiger partial charge is 0.192 e. The van der Waals surface area contributed by atoms with Crippen molar-refractivity contribution < 1.29 is 18.7 Å². The quantitative estimate of drug-likeness (QED) is 0.499. The van der Waals surface area contributed by atoms with E-state index in [0.717, 1.165) is 11.1 Å². The SMILES string of the molecule is C[C@H](O[Si](C)(C)C(C)(C)C)[C@@H](O)CCc1ccc(F)cc1OCc1ccccc1. The predicted octanol–water partition coefficient (Wildman–Crippen LogP) is 6.11. The van der Waals surface area contributed by atoms with Crippen molar-refractivity contribution in [2.24, 2.45) is 0 Å². The number of benzene rings is 2. The van der Waals surface area contributed by atoms with Crippen molar-refractivity contribution in [2.75, 3.05) is 0 Å². The van der Waals surface area contributed by atoms with Gasteiger partial charge in [-0.1, -0.05) is 57.2 Å². The summed E-state index contributed by atoms with van der Waals surface area (Å²) < 4.78 is 25.9. The van der Waals surface area contributed by atoms with Gasteiger partial charge in [0.2, 0.25) is 0 Å². The largest absolute Gasteiger partial charge is 0.489 e. The van der Waals surface area contributed by atoms with Crippen LogP contribution >= 0.6 is 0 Å². The fourth-order valence-corrected chi connectivity index (χ4v) is 4.30. The third kappa shape index (κ3) is 6.95. The standard InChI is InChI=1S/C24H35FO3Si/c1-18(28-29(5,6)24(2,3)4)22(26)15-13-20-12-14-21(25)16-23(20)27-17-19-10-8-7-9-11-19/h7-12,14,16,18,22,26H,13,15,17H2,1-6H3/t18-,22-/m0/s1. The van der Waals surface area contributed by atoms with E-state index in [1.807, 2.05) is 37.3 Å². The van der Waals surface area contributed by atoms with Crippen LogP contribution in [-0.2, 0) is 17.5 Å². The van der Waals surface area contributed by atoms with E-state index in [0.29, 0.717) is 25.2 Å². The molecule has 0 saturated heterocycles. The highest BCUT2D eigenvalue weighted by atomic mass is 28.4. The maximum atomic E-state index is 13.8. The van der Waals surface area contributed by atoms with Gasteiger partial charge < -0.3 is 14.3 Å². The average Bonchev–Trinajstić information content (AvgIpc) is 2.64. The van der Waals surface area contributed by atoms with Crippen molar-refractivity contribution in [3.63, 3.8) is 0 Å². The van der Waals surface area contributed by atoms with Gasteiger partial charge in [0.25, 0.3) is 0 Å². The number of halogens is 1. The summed E-state index contributed by atoms with van der Waals surface area (Å²) in [6, 6.07) is 14.4. The molecule has 0 aliphatic heterocycles. The molecule has 1 N–H and O–H groups in total. The molecule has 0 saturated carbocycles. The number of hydrogen-bond donors (Lipinski definition) is 1. The van der Waals surface area contributed by atoms with Crippen LogP contribution in [0.2, 0.25) is 18.1 Å². The second kappa shape index (κ2) is 9.87. The summed E-state index contributed by atoms with van der Waals surface area (Å²) in [5, 5.41) is 10.7. The number of aliphatic hydroxyl groups excluding tert-OH is 1. The fourth-order valence-electron chi connectivity index (χ4n) is 2.86. The van der Waals surface area contributed by atoms with Crippen LogP contribution in [-0.4, -0.2) is 25.6 Å². The van der Waals surface area contributed by atoms with Crippen molar-refractivity contribution in [2.45, 2.75) is 77.5 Å². The van der Waals surface area contributed by atoms with Crippen molar-refractivity contribution in [1.29, 1.82) is 0 Å². The first-order valence-electron chi connectivity index (χ1n) is 10.3. The molecular weight excluding hydrogens is 383 g/mol. The highest BCUT2D eigenvalue weighted by Crippen LogP contribution is 2.37. The van der Waals surface area contributed by atoms with E-state index >= 15 is 0 Å². The summed E-state index contributed by atoms with van der Waals surface area (Å²) in [4.78, 5) is 0. The Bertz CT molecular complexity index is 771. The summed E-state index contributed by atoms with van der Waals surface area (Å²) >= 11 is 0. The number of aryl methyl sites for hydroxylation is 1. The first-order valence-corrected chi connectivity index (χ1v) is 13.2. The Morgan fingerprint density at radius 1 is 1.07 bits per heavy atom. The van der Waals surface area contributed by atoms with E-state index in [9.17, 15) is 9.50 Å². The van der Waals surface area contributed by atoms with Crippen LogP contribution in [0.1, 0.15) is 45.2 Å². The molecule has 0 spiro atoms. The third-order valence-electron chi connectivity index (χ3n) is 5.80. The maximum Gasteiger partial charge on any atom is 0.192 e. The summed E-state index contributed by atoms with van der Waals surface area (Å²) in [5.41, 5.74) is 1.92. The monoisotopic (exact) mass is 418 g/mol. The van der Waals surface area contributed by atoms with Gasteiger partial charge in [-0.05, 0) is 55.1 Å². The molecule has 2 rings (SSSR count). The van der Waals surface area contributed by atoms with E-state index in [1.165, 1.54) is 12.1 Å². The molecule has 29 heavy (non-hydrogen) atoms. The molecule has 3 nitrogen and oxygen atoms in total. The topological polar surface area (TPSA) is 38.7 Å². The molecular formula is C24H35FO3Si.